The first-order valence-electron chi connectivity index (χ1n) is 6.98. The molecule has 2 aromatic carbocycles. The Kier molecular flexibility index (Phi) is 4.06. The van der Waals surface area contributed by atoms with Gasteiger partial charge < -0.3 is 0 Å². The van der Waals surface area contributed by atoms with E-state index in [1.165, 1.54) is 0 Å². The van der Waals surface area contributed by atoms with Gasteiger partial charge in [-0.3, -0.25) is 4.57 Å². The van der Waals surface area contributed by atoms with E-state index in [2.05, 4.69) is 52.9 Å². The smallest absolute Gasteiger partial charge is 0.196 e. The molecule has 4 heteroatoms. The summed E-state index contributed by atoms with van der Waals surface area (Å²) in [5.74, 6) is 0.880. The van der Waals surface area contributed by atoms with E-state index < -0.39 is 0 Å². The molecule has 21 heavy (non-hydrogen) atoms. The van der Waals surface area contributed by atoms with Crippen LogP contribution in [0.3, 0.4) is 0 Å². The molecular weight excluding hydrogens is 278 g/mol. The van der Waals surface area contributed by atoms with Gasteiger partial charge in [0.05, 0.1) is 0 Å². The van der Waals surface area contributed by atoms with Crippen molar-refractivity contribution >= 4 is 11.8 Å². The minimum atomic E-state index is 0.459. The fraction of sp³-hybridized carbons (Fsp3) is 0.176. The van der Waals surface area contributed by atoms with Gasteiger partial charge in [0.25, 0.3) is 0 Å². The van der Waals surface area contributed by atoms with E-state index >= 15 is 0 Å². The van der Waals surface area contributed by atoms with E-state index in [1.807, 2.05) is 36.4 Å². The fourth-order valence-electron chi connectivity index (χ4n) is 2.14. The average molecular weight is 295 g/mol. The number of hydrogen-bond donors (Lipinski definition) is 0. The zero-order valence-corrected chi connectivity index (χ0v) is 12.9. The molecule has 106 valence electrons. The lowest BCUT2D eigenvalue weighted by Crippen LogP contribution is -2.01. The Morgan fingerprint density at radius 3 is 2.10 bits per heavy atom. The molecule has 0 saturated carbocycles. The van der Waals surface area contributed by atoms with Gasteiger partial charge in [-0.1, -0.05) is 74.1 Å². The van der Waals surface area contributed by atoms with Gasteiger partial charge in [0.15, 0.2) is 11.0 Å². The molecule has 0 radical (unpaired) electrons. The monoisotopic (exact) mass is 295 g/mol. The summed E-state index contributed by atoms with van der Waals surface area (Å²) in [4.78, 5) is 0. The van der Waals surface area contributed by atoms with Crippen LogP contribution in [0.2, 0.25) is 0 Å². The molecule has 3 rings (SSSR count). The molecule has 0 N–H and O–H groups in total. The van der Waals surface area contributed by atoms with Crippen molar-refractivity contribution in [3.05, 3.63) is 60.7 Å². The van der Waals surface area contributed by atoms with Crippen LogP contribution >= 0.6 is 11.8 Å². The Hall–Kier alpha value is -2.07. The van der Waals surface area contributed by atoms with Gasteiger partial charge in [-0.15, -0.1) is 10.2 Å². The number of para-hydroxylation sites is 1. The van der Waals surface area contributed by atoms with Gasteiger partial charge in [0, 0.05) is 16.5 Å². The summed E-state index contributed by atoms with van der Waals surface area (Å²) < 4.78 is 2.12. The van der Waals surface area contributed by atoms with Crippen LogP contribution in [0.1, 0.15) is 13.8 Å². The molecule has 0 fully saturated rings. The predicted octanol–water partition coefficient (Wildman–Crippen LogP) is 4.43. The van der Waals surface area contributed by atoms with Crippen LogP contribution in [0.15, 0.2) is 65.8 Å². The molecule has 0 aliphatic heterocycles. The highest BCUT2D eigenvalue weighted by Crippen LogP contribution is 2.29. The van der Waals surface area contributed by atoms with Crippen LogP contribution in [0.5, 0.6) is 0 Å². The lowest BCUT2D eigenvalue weighted by molar-refractivity contribution is 0.879. The van der Waals surface area contributed by atoms with Crippen molar-refractivity contribution in [1.29, 1.82) is 0 Å². The summed E-state index contributed by atoms with van der Waals surface area (Å²) in [6.07, 6.45) is 0. The maximum absolute atomic E-state index is 4.41. The van der Waals surface area contributed by atoms with Gasteiger partial charge in [-0.25, -0.2) is 0 Å². The summed E-state index contributed by atoms with van der Waals surface area (Å²) >= 11 is 1.72. The maximum Gasteiger partial charge on any atom is 0.196 e. The Morgan fingerprint density at radius 2 is 1.48 bits per heavy atom. The third-order valence-electron chi connectivity index (χ3n) is 3.02. The number of benzene rings is 2. The highest BCUT2D eigenvalue weighted by atomic mass is 32.2. The van der Waals surface area contributed by atoms with Gasteiger partial charge in [0.1, 0.15) is 0 Å². The normalized spacial score (nSPS) is 11.0. The van der Waals surface area contributed by atoms with Crippen molar-refractivity contribution in [2.75, 3.05) is 0 Å². The van der Waals surface area contributed by atoms with Gasteiger partial charge in [-0.05, 0) is 12.1 Å². The zero-order chi connectivity index (χ0) is 14.7. The average Bonchev–Trinajstić information content (AvgIpc) is 2.92. The first-order valence-corrected chi connectivity index (χ1v) is 7.86. The van der Waals surface area contributed by atoms with Crippen LogP contribution in [-0.4, -0.2) is 20.0 Å². The van der Waals surface area contributed by atoms with Gasteiger partial charge in [-0.2, -0.15) is 0 Å². The van der Waals surface area contributed by atoms with Gasteiger partial charge >= 0.3 is 0 Å². The van der Waals surface area contributed by atoms with Crippen LogP contribution in [0.25, 0.3) is 17.1 Å². The third-order valence-corrected chi connectivity index (χ3v) is 3.97. The number of hydrogen-bond acceptors (Lipinski definition) is 3. The fourth-order valence-corrected chi connectivity index (χ4v) is 2.95. The van der Waals surface area contributed by atoms with Crippen molar-refractivity contribution in [1.82, 2.24) is 14.8 Å². The minimum absolute atomic E-state index is 0.459. The summed E-state index contributed by atoms with van der Waals surface area (Å²) in [7, 11) is 0. The highest BCUT2D eigenvalue weighted by Gasteiger charge is 2.16. The molecule has 3 aromatic rings. The van der Waals surface area contributed by atoms with Crippen molar-refractivity contribution in [3.63, 3.8) is 0 Å². The maximum atomic E-state index is 4.41. The van der Waals surface area contributed by atoms with Crippen LogP contribution in [-0.2, 0) is 0 Å². The number of thioether (sulfide) groups is 1. The summed E-state index contributed by atoms with van der Waals surface area (Å²) in [5, 5.41) is 10.2. The lowest BCUT2D eigenvalue weighted by Gasteiger charge is -2.11. The lowest BCUT2D eigenvalue weighted by atomic mass is 10.2. The molecule has 0 unspecified atom stereocenters. The molecule has 0 atom stereocenters. The Labute approximate surface area is 129 Å². The molecule has 0 aliphatic rings. The molecule has 0 amide bonds. The van der Waals surface area contributed by atoms with Crippen LogP contribution in [0.4, 0.5) is 0 Å². The van der Waals surface area contributed by atoms with Gasteiger partial charge in [0.2, 0.25) is 0 Å². The molecule has 0 spiro atoms. The van der Waals surface area contributed by atoms with Crippen molar-refractivity contribution in [2.24, 2.45) is 0 Å². The van der Waals surface area contributed by atoms with Crippen LogP contribution in [0, 0.1) is 0 Å². The molecular formula is C17H17N3S. The largest absolute Gasteiger partial charge is 0.270 e. The van der Waals surface area contributed by atoms with Crippen LogP contribution < -0.4 is 0 Å². The van der Waals surface area contributed by atoms with E-state index in [9.17, 15) is 0 Å². The minimum Gasteiger partial charge on any atom is -0.270 e. The SMILES string of the molecule is CC(C)Sc1nnc(-c2ccccc2)n1-c1ccccc1. The number of rotatable bonds is 4. The Balaban J connectivity index is 2.15. The molecule has 1 heterocycles. The summed E-state index contributed by atoms with van der Waals surface area (Å²) in [6, 6.07) is 20.4. The molecule has 3 nitrogen and oxygen atoms in total. The second-order valence-corrected chi connectivity index (χ2v) is 6.55. The molecule has 1 aromatic heterocycles. The summed E-state index contributed by atoms with van der Waals surface area (Å²) in [6.45, 7) is 4.33. The number of aromatic nitrogens is 3. The second-order valence-electron chi connectivity index (χ2n) is 5.01. The summed E-state index contributed by atoms with van der Waals surface area (Å²) in [5.41, 5.74) is 2.16. The predicted molar refractivity (Wildman–Crippen MR) is 87.8 cm³/mol. The standard InChI is InChI=1S/C17H17N3S/c1-13(2)21-17-19-18-16(14-9-5-3-6-10-14)20(17)15-11-7-4-8-12-15/h3-13H,1-2H3. The molecule has 0 bridgehead atoms. The first kappa shape index (κ1) is 13.9. The third kappa shape index (κ3) is 3.00. The van der Waals surface area contributed by atoms with Crippen molar-refractivity contribution in [3.8, 4) is 17.1 Å². The second kappa shape index (κ2) is 6.14. The Morgan fingerprint density at radius 1 is 0.857 bits per heavy atom. The zero-order valence-electron chi connectivity index (χ0n) is 12.1. The van der Waals surface area contributed by atoms with E-state index in [-0.39, 0.29) is 0 Å². The quantitative estimate of drug-likeness (QED) is 0.667. The first-order chi connectivity index (χ1) is 10.3. The highest BCUT2D eigenvalue weighted by molar-refractivity contribution is 7.99. The number of nitrogens with zero attached hydrogens (tertiary/aromatic N) is 3. The van der Waals surface area contributed by atoms with E-state index in [0.717, 1.165) is 22.2 Å². The van der Waals surface area contributed by atoms with E-state index in [4.69, 9.17) is 0 Å². The van der Waals surface area contributed by atoms with E-state index in [1.54, 1.807) is 11.8 Å². The van der Waals surface area contributed by atoms with Crippen molar-refractivity contribution in [2.45, 2.75) is 24.3 Å². The Bertz CT molecular complexity index is 705. The van der Waals surface area contributed by atoms with E-state index in [0.29, 0.717) is 5.25 Å². The topological polar surface area (TPSA) is 30.7 Å². The molecule has 0 aliphatic carbocycles. The van der Waals surface area contributed by atoms with Crippen molar-refractivity contribution < 1.29 is 0 Å². The molecule has 0 saturated heterocycles.